The molecule has 0 unspecified atom stereocenters. The highest BCUT2D eigenvalue weighted by Gasteiger charge is 2.10. The van der Waals surface area contributed by atoms with Crippen LogP contribution in [0.5, 0.6) is 11.5 Å². The van der Waals surface area contributed by atoms with Crippen LogP contribution in [-0.4, -0.2) is 52.1 Å². The highest BCUT2D eigenvalue weighted by Crippen LogP contribution is 2.30. The van der Waals surface area contributed by atoms with Crippen molar-refractivity contribution in [3.8, 4) is 11.5 Å². The summed E-state index contributed by atoms with van der Waals surface area (Å²) in [5.41, 5.74) is 0.889. The minimum absolute atomic E-state index is 0.155. The first-order valence-electron chi connectivity index (χ1n) is 8.80. The van der Waals surface area contributed by atoms with Crippen molar-refractivity contribution in [2.45, 2.75) is 19.8 Å². The van der Waals surface area contributed by atoms with Crippen LogP contribution in [0.25, 0.3) is 6.08 Å². The number of carbonyl (C=O) groups excluding carboxylic acids is 1. The predicted molar refractivity (Wildman–Crippen MR) is 96.0 cm³/mol. The van der Waals surface area contributed by atoms with Crippen LogP contribution < -0.4 is 14.8 Å². The van der Waals surface area contributed by atoms with Gasteiger partial charge in [-0.1, -0.05) is 19.4 Å². The summed E-state index contributed by atoms with van der Waals surface area (Å²) in [7, 11) is 0. The quantitative estimate of drug-likeness (QED) is 0.491. The first-order chi connectivity index (χ1) is 12.3. The zero-order valence-corrected chi connectivity index (χ0v) is 14.8. The molecule has 0 saturated heterocycles. The number of ether oxygens (including phenoxy) is 4. The molecule has 0 aliphatic carbocycles. The number of benzene rings is 1. The third-order valence-corrected chi connectivity index (χ3v) is 3.55. The molecule has 6 nitrogen and oxygen atoms in total. The van der Waals surface area contributed by atoms with E-state index in [-0.39, 0.29) is 5.91 Å². The average Bonchev–Trinajstić information content (AvgIpc) is 2.65. The molecule has 2 rings (SSSR count). The fourth-order valence-electron chi connectivity index (χ4n) is 2.21. The van der Waals surface area contributed by atoms with Gasteiger partial charge < -0.3 is 24.3 Å². The largest absolute Gasteiger partial charge is 0.486 e. The van der Waals surface area contributed by atoms with E-state index >= 15 is 0 Å². The zero-order valence-electron chi connectivity index (χ0n) is 14.8. The van der Waals surface area contributed by atoms with Gasteiger partial charge in [-0.25, -0.2) is 0 Å². The van der Waals surface area contributed by atoms with Crippen LogP contribution in [0.2, 0.25) is 0 Å². The molecule has 1 heterocycles. The van der Waals surface area contributed by atoms with Crippen molar-refractivity contribution in [3.05, 3.63) is 29.8 Å². The monoisotopic (exact) mass is 349 g/mol. The van der Waals surface area contributed by atoms with Crippen LogP contribution in [0.15, 0.2) is 24.3 Å². The van der Waals surface area contributed by atoms with Crippen molar-refractivity contribution in [1.29, 1.82) is 0 Å². The summed E-state index contributed by atoms with van der Waals surface area (Å²) in [6, 6.07) is 5.60. The lowest BCUT2D eigenvalue weighted by Crippen LogP contribution is -2.25. The molecule has 0 radical (unpaired) electrons. The van der Waals surface area contributed by atoms with Gasteiger partial charge in [-0.15, -0.1) is 0 Å². The summed E-state index contributed by atoms with van der Waals surface area (Å²) in [4.78, 5) is 11.8. The Morgan fingerprint density at radius 2 is 1.88 bits per heavy atom. The fraction of sp³-hybridized carbons (Fsp3) is 0.526. The standard InChI is InChI=1S/C19H27NO5/c1-2-3-9-22-11-12-23-10-8-20-19(21)7-5-16-4-6-17-18(15-16)25-14-13-24-17/h4-7,15H,2-3,8-14H2,1H3,(H,20,21)/b7-5+. The molecule has 1 aromatic rings. The second-order valence-corrected chi connectivity index (χ2v) is 5.61. The Morgan fingerprint density at radius 3 is 2.68 bits per heavy atom. The molecular weight excluding hydrogens is 322 g/mol. The van der Waals surface area contributed by atoms with Gasteiger partial charge in [0, 0.05) is 19.2 Å². The lowest BCUT2D eigenvalue weighted by atomic mass is 10.2. The minimum atomic E-state index is -0.155. The Bertz CT molecular complexity index is 559. The van der Waals surface area contributed by atoms with E-state index in [1.807, 2.05) is 18.2 Å². The minimum Gasteiger partial charge on any atom is -0.486 e. The van der Waals surface area contributed by atoms with Gasteiger partial charge in [0.1, 0.15) is 13.2 Å². The van der Waals surface area contributed by atoms with Gasteiger partial charge >= 0.3 is 0 Å². The number of carbonyl (C=O) groups is 1. The Hall–Kier alpha value is -2.05. The lowest BCUT2D eigenvalue weighted by molar-refractivity contribution is -0.116. The zero-order chi connectivity index (χ0) is 17.7. The topological polar surface area (TPSA) is 66.0 Å². The van der Waals surface area contributed by atoms with E-state index in [1.165, 1.54) is 6.08 Å². The summed E-state index contributed by atoms with van der Waals surface area (Å²) < 4.78 is 21.8. The summed E-state index contributed by atoms with van der Waals surface area (Å²) >= 11 is 0. The first kappa shape index (κ1) is 19.3. The van der Waals surface area contributed by atoms with Gasteiger partial charge in [-0.05, 0) is 30.2 Å². The molecule has 6 heteroatoms. The van der Waals surface area contributed by atoms with Gasteiger partial charge in [0.2, 0.25) is 5.91 Å². The van der Waals surface area contributed by atoms with E-state index in [0.29, 0.717) is 45.3 Å². The van der Waals surface area contributed by atoms with Gasteiger partial charge in [0.05, 0.1) is 19.8 Å². The smallest absolute Gasteiger partial charge is 0.244 e. The van der Waals surface area contributed by atoms with Crippen LogP contribution in [0.4, 0.5) is 0 Å². The molecule has 0 spiro atoms. The van der Waals surface area contributed by atoms with Crippen molar-refractivity contribution in [2.75, 3.05) is 46.2 Å². The number of hydrogen-bond donors (Lipinski definition) is 1. The molecule has 1 N–H and O–H groups in total. The molecule has 1 aliphatic rings. The number of amides is 1. The third-order valence-electron chi connectivity index (χ3n) is 3.55. The SMILES string of the molecule is CCCCOCCOCCNC(=O)/C=C/c1ccc2c(c1)OCCO2. The number of fused-ring (bicyclic) bond motifs is 1. The van der Waals surface area contributed by atoms with Crippen molar-refractivity contribution in [2.24, 2.45) is 0 Å². The van der Waals surface area contributed by atoms with E-state index in [0.717, 1.165) is 30.8 Å². The Labute approximate surface area is 149 Å². The molecule has 1 aliphatic heterocycles. The Morgan fingerprint density at radius 1 is 1.12 bits per heavy atom. The highest BCUT2D eigenvalue weighted by molar-refractivity contribution is 5.91. The van der Waals surface area contributed by atoms with Gasteiger partial charge in [-0.3, -0.25) is 4.79 Å². The van der Waals surface area contributed by atoms with Crippen LogP contribution in [0.3, 0.4) is 0 Å². The van der Waals surface area contributed by atoms with Gasteiger partial charge in [-0.2, -0.15) is 0 Å². The molecule has 1 amide bonds. The molecular formula is C19H27NO5. The van der Waals surface area contributed by atoms with Crippen LogP contribution in [-0.2, 0) is 14.3 Å². The van der Waals surface area contributed by atoms with Gasteiger partial charge in [0.25, 0.3) is 0 Å². The second kappa shape index (κ2) is 11.5. The van der Waals surface area contributed by atoms with E-state index in [9.17, 15) is 4.79 Å². The number of nitrogens with one attached hydrogen (secondary N) is 1. The van der Waals surface area contributed by atoms with Gasteiger partial charge in [0.15, 0.2) is 11.5 Å². The van der Waals surface area contributed by atoms with Crippen molar-refractivity contribution in [1.82, 2.24) is 5.32 Å². The summed E-state index contributed by atoms with van der Waals surface area (Å²) in [6.07, 6.45) is 5.45. The Balaban J connectivity index is 1.58. The highest BCUT2D eigenvalue weighted by atomic mass is 16.6. The van der Waals surface area contributed by atoms with E-state index in [2.05, 4.69) is 12.2 Å². The fourth-order valence-corrected chi connectivity index (χ4v) is 2.21. The molecule has 0 fully saturated rings. The third kappa shape index (κ3) is 7.58. The maximum absolute atomic E-state index is 11.8. The molecule has 0 atom stereocenters. The molecule has 25 heavy (non-hydrogen) atoms. The number of unbranched alkanes of at least 4 members (excludes halogenated alkanes) is 1. The second-order valence-electron chi connectivity index (χ2n) is 5.61. The van der Waals surface area contributed by atoms with E-state index in [4.69, 9.17) is 18.9 Å². The van der Waals surface area contributed by atoms with Crippen molar-refractivity contribution in [3.63, 3.8) is 0 Å². The van der Waals surface area contributed by atoms with Crippen LogP contribution in [0, 0.1) is 0 Å². The molecule has 1 aromatic carbocycles. The number of rotatable bonds is 11. The summed E-state index contributed by atoms with van der Waals surface area (Å²) in [6.45, 7) is 6.11. The summed E-state index contributed by atoms with van der Waals surface area (Å²) in [5.74, 6) is 1.30. The van der Waals surface area contributed by atoms with E-state index in [1.54, 1.807) is 6.08 Å². The molecule has 0 bridgehead atoms. The maximum atomic E-state index is 11.8. The molecule has 138 valence electrons. The van der Waals surface area contributed by atoms with Crippen molar-refractivity contribution >= 4 is 12.0 Å². The van der Waals surface area contributed by atoms with Crippen LogP contribution in [0.1, 0.15) is 25.3 Å². The van der Waals surface area contributed by atoms with Crippen LogP contribution >= 0.6 is 0 Å². The number of hydrogen-bond acceptors (Lipinski definition) is 5. The lowest BCUT2D eigenvalue weighted by Gasteiger charge is -2.18. The van der Waals surface area contributed by atoms with E-state index < -0.39 is 0 Å². The molecule has 0 saturated carbocycles. The first-order valence-corrected chi connectivity index (χ1v) is 8.80. The molecule has 0 aromatic heterocycles. The normalized spacial score (nSPS) is 13.2. The summed E-state index contributed by atoms with van der Waals surface area (Å²) in [5, 5.41) is 2.78. The predicted octanol–water partition coefficient (Wildman–Crippen LogP) is 2.42. The average molecular weight is 349 g/mol. The van der Waals surface area contributed by atoms with Crippen molar-refractivity contribution < 1.29 is 23.7 Å². The Kier molecular flexibility index (Phi) is 8.86. The maximum Gasteiger partial charge on any atom is 0.244 e.